The molecule has 1 aromatic carbocycles. The molecule has 0 bridgehead atoms. The molecular weight excluding hydrogens is 340 g/mol. The van der Waals surface area contributed by atoms with Crippen LogP contribution in [0.1, 0.15) is 43.9 Å². The number of hydrogen-bond acceptors (Lipinski definition) is 3. The third-order valence-electron chi connectivity index (χ3n) is 5.38. The Bertz CT molecular complexity index is 1020. The molecule has 2 amide bonds. The van der Waals surface area contributed by atoms with Crippen molar-refractivity contribution < 1.29 is 9.59 Å². The smallest absolute Gasteiger partial charge is 0.243 e. The Balaban J connectivity index is 2.05. The summed E-state index contributed by atoms with van der Waals surface area (Å²) in [6.07, 6.45) is 7.30. The molecule has 2 aliphatic heterocycles. The standard InChI is InChI=1S/C21H22N4O2/c1-6-10-24-17-13(2)8-7-9-14(17)21(19(24)27)11-16(26)23-18-15(21)12-22-25(18)20(3,4)5/h1,7-9,12H,10-11H2,2-5H3,(H,23,26)/t21-/m0/s1. The number of carbonyl (C=O) groups is 2. The zero-order chi connectivity index (χ0) is 19.6. The number of nitrogens with zero attached hydrogens (tertiary/aromatic N) is 3. The molecule has 0 saturated heterocycles. The molecule has 0 aliphatic carbocycles. The van der Waals surface area contributed by atoms with Gasteiger partial charge in [-0.05, 0) is 38.8 Å². The maximum atomic E-state index is 13.7. The van der Waals surface area contributed by atoms with Gasteiger partial charge in [-0.25, -0.2) is 4.68 Å². The maximum Gasteiger partial charge on any atom is 0.243 e. The summed E-state index contributed by atoms with van der Waals surface area (Å²) in [5.41, 5.74) is 1.91. The minimum absolute atomic E-state index is 0.0478. The van der Waals surface area contributed by atoms with Crippen LogP contribution in [-0.2, 0) is 20.5 Å². The predicted octanol–water partition coefficient (Wildman–Crippen LogP) is 2.55. The number of aromatic nitrogens is 2. The zero-order valence-electron chi connectivity index (χ0n) is 16.0. The predicted molar refractivity (Wildman–Crippen MR) is 104 cm³/mol. The molecule has 0 unspecified atom stereocenters. The van der Waals surface area contributed by atoms with Gasteiger partial charge >= 0.3 is 0 Å². The molecule has 6 heteroatoms. The molecule has 1 aromatic heterocycles. The molecule has 2 aliphatic rings. The molecular formula is C21H22N4O2. The molecule has 1 N–H and O–H groups in total. The Labute approximate surface area is 158 Å². The summed E-state index contributed by atoms with van der Waals surface area (Å²) in [6.45, 7) is 8.15. The van der Waals surface area contributed by atoms with E-state index in [9.17, 15) is 9.59 Å². The topological polar surface area (TPSA) is 67.2 Å². The molecule has 0 saturated carbocycles. The summed E-state index contributed by atoms with van der Waals surface area (Å²) >= 11 is 0. The van der Waals surface area contributed by atoms with Gasteiger partial charge in [0.15, 0.2) is 0 Å². The number of amides is 2. The number of aryl methyl sites for hydroxylation is 1. The van der Waals surface area contributed by atoms with Gasteiger partial charge in [-0.1, -0.05) is 24.1 Å². The molecule has 0 radical (unpaired) electrons. The van der Waals surface area contributed by atoms with Crippen molar-refractivity contribution in [1.82, 2.24) is 9.78 Å². The average Bonchev–Trinajstić information content (AvgIpc) is 3.10. The Morgan fingerprint density at radius 3 is 2.70 bits per heavy atom. The van der Waals surface area contributed by atoms with Crippen LogP contribution in [0, 0.1) is 19.3 Å². The molecule has 0 fully saturated rings. The monoisotopic (exact) mass is 362 g/mol. The largest absolute Gasteiger partial charge is 0.311 e. The lowest BCUT2D eigenvalue weighted by Crippen LogP contribution is -2.47. The summed E-state index contributed by atoms with van der Waals surface area (Å²) < 4.78 is 1.77. The first kappa shape index (κ1) is 17.3. The van der Waals surface area contributed by atoms with E-state index in [1.807, 2.05) is 45.9 Å². The van der Waals surface area contributed by atoms with Crippen LogP contribution >= 0.6 is 0 Å². The highest BCUT2D eigenvalue weighted by atomic mass is 16.2. The second-order valence-electron chi connectivity index (χ2n) is 8.19. The average molecular weight is 362 g/mol. The summed E-state index contributed by atoms with van der Waals surface area (Å²) in [6, 6.07) is 5.80. The third kappa shape index (κ3) is 2.18. The van der Waals surface area contributed by atoms with Crippen molar-refractivity contribution in [3.05, 3.63) is 41.1 Å². The third-order valence-corrected chi connectivity index (χ3v) is 5.38. The van der Waals surface area contributed by atoms with Crippen molar-refractivity contribution in [2.75, 3.05) is 16.8 Å². The van der Waals surface area contributed by atoms with Crippen molar-refractivity contribution in [2.45, 2.75) is 45.1 Å². The SMILES string of the molecule is C#CCN1C(=O)[C@@]2(CC(=O)Nc3c2cnn3C(C)(C)C)c2cccc(C)c21. The highest BCUT2D eigenvalue weighted by molar-refractivity contribution is 6.16. The van der Waals surface area contributed by atoms with E-state index in [0.29, 0.717) is 5.82 Å². The van der Waals surface area contributed by atoms with Gasteiger partial charge in [-0.3, -0.25) is 14.5 Å². The van der Waals surface area contributed by atoms with Crippen molar-refractivity contribution in [3.8, 4) is 12.3 Å². The van der Waals surface area contributed by atoms with Crippen LogP contribution in [0.25, 0.3) is 0 Å². The number of fused-ring (bicyclic) bond motifs is 4. The minimum Gasteiger partial charge on any atom is -0.311 e. The van der Waals surface area contributed by atoms with E-state index >= 15 is 0 Å². The van der Waals surface area contributed by atoms with Crippen LogP contribution in [0.3, 0.4) is 0 Å². The Morgan fingerprint density at radius 1 is 1.30 bits per heavy atom. The fraction of sp³-hybridized carbons (Fsp3) is 0.381. The number of terminal acetylenes is 1. The number of nitrogens with one attached hydrogen (secondary N) is 1. The van der Waals surface area contributed by atoms with Crippen molar-refractivity contribution in [1.29, 1.82) is 0 Å². The van der Waals surface area contributed by atoms with Crippen LogP contribution in [0.4, 0.5) is 11.5 Å². The number of para-hydroxylation sites is 1. The van der Waals surface area contributed by atoms with Crippen LogP contribution < -0.4 is 10.2 Å². The van der Waals surface area contributed by atoms with Crippen molar-refractivity contribution in [3.63, 3.8) is 0 Å². The molecule has 6 nitrogen and oxygen atoms in total. The minimum atomic E-state index is -1.08. The van der Waals surface area contributed by atoms with Gasteiger partial charge in [0.2, 0.25) is 11.8 Å². The van der Waals surface area contributed by atoms with E-state index in [1.54, 1.807) is 15.8 Å². The van der Waals surface area contributed by atoms with E-state index in [0.717, 1.165) is 22.4 Å². The number of hydrogen-bond donors (Lipinski definition) is 1. The van der Waals surface area contributed by atoms with E-state index in [2.05, 4.69) is 16.3 Å². The van der Waals surface area contributed by atoms with Crippen LogP contribution in [-0.4, -0.2) is 28.1 Å². The quantitative estimate of drug-likeness (QED) is 0.793. The van der Waals surface area contributed by atoms with Gasteiger partial charge in [0.05, 0.1) is 24.0 Å². The van der Waals surface area contributed by atoms with Crippen LogP contribution in [0.15, 0.2) is 24.4 Å². The summed E-state index contributed by atoms with van der Waals surface area (Å²) in [7, 11) is 0. The molecule has 3 heterocycles. The van der Waals surface area contributed by atoms with Gasteiger partial charge in [-0.15, -0.1) is 6.42 Å². The molecule has 2 aromatic rings. The lowest BCUT2D eigenvalue weighted by Gasteiger charge is -2.33. The lowest BCUT2D eigenvalue weighted by atomic mass is 9.71. The highest BCUT2D eigenvalue weighted by Crippen LogP contribution is 2.53. The second kappa shape index (κ2) is 5.46. The fourth-order valence-electron chi connectivity index (χ4n) is 4.28. The Morgan fingerprint density at radius 2 is 2.04 bits per heavy atom. The highest BCUT2D eigenvalue weighted by Gasteiger charge is 2.57. The van der Waals surface area contributed by atoms with Gasteiger partial charge < -0.3 is 5.32 Å². The van der Waals surface area contributed by atoms with E-state index in [4.69, 9.17) is 6.42 Å². The number of carbonyl (C=O) groups excluding carboxylic acids is 2. The van der Waals surface area contributed by atoms with Crippen molar-refractivity contribution >= 4 is 23.3 Å². The first-order valence-corrected chi connectivity index (χ1v) is 8.96. The van der Waals surface area contributed by atoms with Gasteiger partial charge in [-0.2, -0.15) is 5.10 Å². The van der Waals surface area contributed by atoms with E-state index in [-0.39, 0.29) is 30.3 Å². The molecule has 27 heavy (non-hydrogen) atoms. The van der Waals surface area contributed by atoms with Crippen molar-refractivity contribution in [2.24, 2.45) is 0 Å². The van der Waals surface area contributed by atoms with E-state index in [1.165, 1.54) is 0 Å². The number of rotatable bonds is 1. The lowest BCUT2D eigenvalue weighted by molar-refractivity contribution is -0.126. The van der Waals surface area contributed by atoms with Gasteiger partial charge in [0, 0.05) is 12.0 Å². The Hall–Kier alpha value is -3.07. The summed E-state index contributed by atoms with van der Waals surface area (Å²) in [5, 5.41) is 7.44. The zero-order valence-corrected chi connectivity index (χ0v) is 16.0. The van der Waals surface area contributed by atoms with Crippen LogP contribution in [0.2, 0.25) is 0 Å². The number of anilines is 2. The number of benzene rings is 1. The fourth-order valence-corrected chi connectivity index (χ4v) is 4.28. The first-order valence-electron chi connectivity index (χ1n) is 8.96. The second-order valence-corrected chi connectivity index (χ2v) is 8.19. The Kier molecular flexibility index (Phi) is 3.51. The molecule has 1 atom stereocenters. The van der Waals surface area contributed by atoms with Gasteiger partial charge in [0.25, 0.3) is 0 Å². The van der Waals surface area contributed by atoms with Gasteiger partial charge in [0.1, 0.15) is 11.2 Å². The molecule has 138 valence electrons. The summed E-state index contributed by atoms with van der Waals surface area (Å²) in [4.78, 5) is 28.0. The molecule has 1 spiro atoms. The van der Waals surface area contributed by atoms with Crippen LogP contribution in [0.5, 0.6) is 0 Å². The normalized spacial score (nSPS) is 21.1. The molecule has 4 rings (SSSR count). The summed E-state index contributed by atoms with van der Waals surface area (Å²) in [5.74, 6) is 2.81. The van der Waals surface area contributed by atoms with E-state index < -0.39 is 5.41 Å². The maximum absolute atomic E-state index is 13.7. The first-order chi connectivity index (χ1) is 12.7.